The molecular formula is C23H26N2O4. The zero-order valence-electron chi connectivity index (χ0n) is 17.2. The number of benzene rings is 2. The summed E-state index contributed by atoms with van der Waals surface area (Å²) in [6.45, 7) is 8.46. The third-order valence-corrected chi connectivity index (χ3v) is 4.51. The van der Waals surface area contributed by atoms with Crippen molar-refractivity contribution in [2.75, 3.05) is 18.5 Å². The lowest BCUT2D eigenvalue weighted by Crippen LogP contribution is -2.38. The number of anilines is 1. The second kappa shape index (κ2) is 8.82. The van der Waals surface area contributed by atoms with Crippen molar-refractivity contribution in [3.05, 3.63) is 59.8 Å². The highest BCUT2D eigenvalue weighted by molar-refractivity contribution is 6.36. The predicted octanol–water partition coefficient (Wildman–Crippen LogP) is 4.08. The molecule has 0 saturated carbocycles. The van der Waals surface area contributed by atoms with Crippen LogP contribution in [0.4, 0.5) is 5.69 Å². The van der Waals surface area contributed by atoms with Crippen LogP contribution in [-0.2, 0) is 9.59 Å². The van der Waals surface area contributed by atoms with Gasteiger partial charge in [-0.15, -0.1) is 0 Å². The van der Waals surface area contributed by atoms with Crippen molar-refractivity contribution in [2.24, 2.45) is 0 Å². The second-order valence-corrected chi connectivity index (χ2v) is 6.84. The molecule has 0 atom stereocenters. The van der Waals surface area contributed by atoms with Gasteiger partial charge < -0.3 is 14.8 Å². The van der Waals surface area contributed by atoms with Crippen molar-refractivity contribution < 1.29 is 19.1 Å². The largest absolute Gasteiger partial charge is 0.490 e. The molecule has 1 aliphatic rings. The van der Waals surface area contributed by atoms with Gasteiger partial charge in [-0.05, 0) is 45.4 Å². The molecule has 1 aliphatic heterocycles. The molecule has 6 nitrogen and oxygen atoms in total. The van der Waals surface area contributed by atoms with Gasteiger partial charge in [0.2, 0.25) is 0 Å². The highest BCUT2D eigenvalue weighted by Gasteiger charge is 2.40. The number of rotatable bonds is 8. The summed E-state index contributed by atoms with van der Waals surface area (Å²) in [6, 6.07) is 14.4. The molecule has 29 heavy (non-hydrogen) atoms. The van der Waals surface area contributed by atoms with E-state index < -0.39 is 0 Å². The Morgan fingerprint density at radius 2 is 1.55 bits per heavy atom. The van der Waals surface area contributed by atoms with Crippen LogP contribution in [0.15, 0.2) is 54.2 Å². The Morgan fingerprint density at radius 3 is 2.17 bits per heavy atom. The number of carbonyl (C=O) groups excluding carboxylic acids is 2. The van der Waals surface area contributed by atoms with Crippen LogP contribution in [-0.4, -0.2) is 36.0 Å². The molecule has 1 heterocycles. The van der Waals surface area contributed by atoms with Gasteiger partial charge in [0.1, 0.15) is 5.70 Å². The van der Waals surface area contributed by atoms with Crippen molar-refractivity contribution >= 4 is 23.1 Å². The molecule has 0 aromatic heterocycles. The quantitative estimate of drug-likeness (QED) is 0.683. The fourth-order valence-corrected chi connectivity index (χ4v) is 3.28. The molecule has 0 radical (unpaired) electrons. The minimum Gasteiger partial charge on any atom is -0.490 e. The topological polar surface area (TPSA) is 67.9 Å². The van der Waals surface area contributed by atoms with Gasteiger partial charge in [0.25, 0.3) is 11.8 Å². The van der Waals surface area contributed by atoms with Crippen LogP contribution in [0, 0.1) is 0 Å². The molecule has 0 bridgehead atoms. The molecule has 6 heteroatoms. The molecule has 0 spiro atoms. The summed E-state index contributed by atoms with van der Waals surface area (Å²) in [5, 5.41) is 3.15. The summed E-state index contributed by atoms with van der Waals surface area (Å²) in [5.74, 6) is 0.582. The summed E-state index contributed by atoms with van der Waals surface area (Å²) in [6.07, 6.45) is 0. The van der Waals surface area contributed by atoms with Gasteiger partial charge in [-0.2, -0.15) is 0 Å². The van der Waals surface area contributed by atoms with Crippen LogP contribution in [0.2, 0.25) is 0 Å². The maximum absolute atomic E-state index is 13.1. The van der Waals surface area contributed by atoms with Gasteiger partial charge in [0.05, 0.1) is 18.8 Å². The average Bonchev–Trinajstić information content (AvgIpc) is 2.94. The van der Waals surface area contributed by atoms with Gasteiger partial charge in [0.15, 0.2) is 11.5 Å². The molecule has 3 rings (SSSR count). The number of carbonyl (C=O) groups is 2. The number of hydrogen-bond acceptors (Lipinski definition) is 5. The van der Waals surface area contributed by atoms with E-state index in [-0.39, 0.29) is 23.6 Å². The molecule has 0 saturated heterocycles. The Labute approximate surface area is 171 Å². The first kappa shape index (κ1) is 20.5. The van der Waals surface area contributed by atoms with Crippen LogP contribution in [0.1, 0.15) is 33.3 Å². The van der Waals surface area contributed by atoms with Gasteiger partial charge in [0, 0.05) is 17.8 Å². The van der Waals surface area contributed by atoms with Crippen molar-refractivity contribution in [1.82, 2.24) is 4.90 Å². The molecular weight excluding hydrogens is 368 g/mol. The van der Waals surface area contributed by atoms with Crippen LogP contribution in [0.3, 0.4) is 0 Å². The number of nitrogens with one attached hydrogen (secondary N) is 1. The fourth-order valence-electron chi connectivity index (χ4n) is 3.28. The van der Waals surface area contributed by atoms with Crippen molar-refractivity contribution in [1.29, 1.82) is 0 Å². The van der Waals surface area contributed by atoms with E-state index in [4.69, 9.17) is 9.47 Å². The highest BCUT2D eigenvalue weighted by atomic mass is 16.5. The van der Waals surface area contributed by atoms with E-state index in [1.165, 1.54) is 4.90 Å². The summed E-state index contributed by atoms with van der Waals surface area (Å²) in [7, 11) is 0. The maximum atomic E-state index is 13.1. The molecule has 0 aliphatic carbocycles. The maximum Gasteiger partial charge on any atom is 0.278 e. The number of imide groups is 1. The third kappa shape index (κ3) is 4.11. The van der Waals surface area contributed by atoms with Crippen molar-refractivity contribution in [3.63, 3.8) is 0 Å². The Balaban J connectivity index is 2.04. The van der Waals surface area contributed by atoms with Crippen LogP contribution in [0.5, 0.6) is 11.5 Å². The minimum atomic E-state index is -0.337. The molecule has 2 aromatic rings. The first-order chi connectivity index (χ1) is 14.0. The SMILES string of the molecule is CCOc1ccc(NC2=C(c3ccccc3)C(=O)N(C(C)C)C2=O)cc1OCC. The Bertz CT molecular complexity index is 935. The first-order valence-corrected chi connectivity index (χ1v) is 9.82. The Morgan fingerprint density at radius 1 is 0.897 bits per heavy atom. The summed E-state index contributed by atoms with van der Waals surface area (Å²) in [4.78, 5) is 27.4. The van der Waals surface area contributed by atoms with Gasteiger partial charge in [-0.1, -0.05) is 30.3 Å². The number of ether oxygens (including phenoxy) is 2. The lowest BCUT2D eigenvalue weighted by molar-refractivity contribution is -0.138. The van der Waals surface area contributed by atoms with E-state index in [1.54, 1.807) is 18.2 Å². The molecule has 1 N–H and O–H groups in total. The molecule has 2 aromatic carbocycles. The lowest BCUT2D eigenvalue weighted by atomic mass is 10.0. The minimum absolute atomic E-state index is 0.243. The molecule has 2 amide bonds. The number of amides is 2. The summed E-state index contributed by atoms with van der Waals surface area (Å²) >= 11 is 0. The Kier molecular flexibility index (Phi) is 6.22. The van der Waals surface area contributed by atoms with E-state index in [9.17, 15) is 9.59 Å². The van der Waals surface area contributed by atoms with Gasteiger partial charge in [-0.3, -0.25) is 14.5 Å². The monoisotopic (exact) mass is 394 g/mol. The highest BCUT2D eigenvalue weighted by Crippen LogP contribution is 2.35. The van der Waals surface area contributed by atoms with E-state index in [0.29, 0.717) is 41.5 Å². The van der Waals surface area contributed by atoms with Gasteiger partial charge >= 0.3 is 0 Å². The fraction of sp³-hybridized carbons (Fsp3) is 0.304. The number of hydrogen-bond donors (Lipinski definition) is 1. The smallest absolute Gasteiger partial charge is 0.278 e. The van der Waals surface area contributed by atoms with Crippen LogP contribution < -0.4 is 14.8 Å². The number of nitrogens with zero attached hydrogens (tertiary/aromatic N) is 1. The second-order valence-electron chi connectivity index (χ2n) is 6.84. The summed E-state index contributed by atoms with van der Waals surface area (Å²) < 4.78 is 11.3. The summed E-state index contributed by atoms with van der Waals surface area (Å²) in [5.41, 5.74) is 1.98. The zero-order chi connectivity index (χ0) is 21.0. The predicted molar refractivity (Wildman–Crippen MR) is 113 cm³/mol. The van der Waals surface area contributed by atoms with Crippen LogP contribution >= 0.6 is 0 Å². The Hall–Kier alpha value is -3.28. The molecule has 152 valence electrons. The van der Waals surface area contributed by atoms with Crippen LogP contribution in [0.25, 0.3) is 5.57 Å². The normalized spacial score (nSPS) is 14.0. The molecule has 0 unspecified atom stereocenters. The standard InChI is InChI=1S/C23H26N2O4/c1-5-28-18-13-12-17(14-19(18)29-6-2)24-21-20(16-10-8-7-9-11-16)22(26)25(15(3)4)23(21)27/h7-15,24H,5-6H2,1-4H3. The average molecular weight is 394 g/mol. The van der Waals surface area contributed by atoms with Crippen molar-refractivity contribution in [2.45, 2.75) is 33.7 Å². The van der Waals surface area contributed by atoms with E-state index >= 15 is 0 Å². The third-order valence-electron chi connectivity index (χ3n) is 4.51. The first-order valence-electron chi connectivity index (χ1n) is 9.82. The van der Waals surface area contributed by atoms with E-state index in [0.717, 1.165) is 0 Å². The molecule has 0 fully saturated rings. The van der Waals surface area contributed by atoms with E-state index in [1.807, 2.05) is 58.0 Å². The lowest BCUT2D eigenvalue weighted by Gasteiger charge is -2.19. The van der Waals surface area contributed by atoms with E-state index in [2.05, 4.69) is 5.32 Å². The zero-order valence-corrected chi connectivity index (χ0v) is 17.2. The van der Waals surface area contributed by atoms with Crippen molar-refractivity contribution in [3.8, 4) is 11.5 Å². The van der Waals surface area contributed by atoms with Gasteiger partial charge in [-0.25, -0.2) is 0 Å².